The van der Waals surface area contributed by atoms with Crippen LogP contribution in [-0.4, -0.2) is 39.8 Å². The molecule has 3 amide bonds. The topological polar surface area (TPSA) is 141 Å². The maximum Gasteiger partial charge on any atom is 0.410 e. The number of carboxylic acid groups (broad SMARTS) is 1. The van der Waals surface area contributed by atoms with Crippen molar-refractivity contribution < 1.29 is 24.7 Å². The van der Waals surface area contributed by atoms with Crippen molar-refractivity contribution in [2.75, 3.05) is 11.9 Å². The molecule has 5 N–H and O–H groups in total. The number of hydrogen-bond donors (Lipinski definition) is 5. The van der Waals surface area contributed by atoms with Gasteiger partial charge >= 0.3 is 6.09 Å². The summed E-state index contributed by atoms with van der Waals surface area (Å²) in [6.07, 6.45) is 1.27. The smallest absolute Gasteiger partial charge is 0.410 e. The van der Waals surface area contributed by atoms with Crippen LogP contribution in [-0.2, 0) is 16.0 Å². The molecule has 0 atom stereocenters. The Bertz CT molecular complexity index is 519. The first-order valence-corrected chi connectivity index (χ1v) is 7.53. The number of unbranched alkanes of at least 4 members (excludes halogenated alkanes) is 2. The first-order chi connectivity index (χ1) is 10.5. The van der Waals surface area contributed by atoms with E-state index < -0.39 is 12.0 Å². The first-order valence-electron chi connectivity index (χ1n) is 6.65. The van der Waals surface area contributed by atoms with Crippen molar-refractivity contribution in [3.05, 3.63) is 11.1 Å². The maximum absolute atomic E-state index is 11.7. The SMILES string of the molecule is O=C(O)Nc1nc(CC(=O)NCCCCCC(=O)NO)cs1. The molecule has 9 nitrogen and oxygen atoms in total. The van der Waals surface area contributed by atoms with Crippen molar-refractivity contribution in [3.63, 3.8) is 0 Å². The molecule has 1 aromatic rings. The number of hydroxylamine groups is 1. The van der Waals surface area contributed by atoms with Crippen molar-refractivity contribution in [1.29, 1.82) is 0 Å². The zero-order valence-electron chi connectivity index (χ0n) is 11.8. The van der Waals surface area contributed by atoms with E-state index in [9.17, 15) is 14.4 Å². The highest BCUT2D eigenvalue weighted by Gasteiger charge is 2.08. The molecule has 0 spiro atoms. The third kappa shape index (κ3) is 7.55. The maximum atomic E-state index is 11.7. The highest BCUT2D eigenvalue weighted by atomic mass is 32.1. The van der Waals surface area contributed by atoms with Crippen molar-refractivity contribution >= 4 is 34.4 Å². The van der Waals surface area contributed by atoms with Gasteiger partial charge in [0.15, 0.2) is 5.13 Å². The lowest BCUT2D eigenvalue weighted by Crippen LogP contribution is -2.26. The van der Waals surface area contributed by atoms with Gasteiger partial charge in [-0.2, -0.15) is 0 Å². The standard InChI is InChI=1S/C12H18N4O5S/c17-9(16-21)4-2-1-3-5-13-10(18)6-8-7-22-11(14-8)15-12(19)20/h7,21H,1-6H2,(H,13,18)(H,14,15)(H,16,17)(H,19,20). The lowest BCUT2D eigenvalue weighted by Gasteiger charge is -2.04. The molecule has 122 valence electrons. The lowest BCUT2D eigenvalue weighted by molar-refractivity contribution is -0.129. The second kappa shape index (κ2) is 9.68. The highest BCUT2D eigenvalue weighted by Crippen LogP contribution is 2.15. The van der Waals surface area contributed by atoms with Gasteiger partial charge in [0, 0.05) is 18.3 Å². The number of carbonyl (C=O) groups excluding carboxylic acids is 2. The average molecular weight is 330 g/mol. The number of nitrogens with zero attached hydrogens (tertiary/aromatic N) is 1. The Morgan fingerprint density at radius 3 is 2.64 bits per heavy atom. The molecule has 10 heteroatoms. The largest absolute Gasteiger partial charge is 0.465 e. The molecule has 0 unspecified atom stereocenters. The molecule has 0 aromatic carbocycles. The van der Waals surface area contributed by atoms with E-state index in [1.54, 1.807) is 10.9 Å². The normalized spacial score (nSPS) is 10.0. The number of thiazole rings is 1. The minimum absolute atomic E-state index is 0.0880. The molecule has 1 rings (SSSR count). The van der Waals surface area contributed by atoms with Crippen LogP contribution < -0.4 is 16.1 Å². The van der Waals surface area contributed by atoms with Gasteiger partial charge in [-0.25, -0.2) is 15.3 Å². The molecule has 22 heavy (non-hydrogen) atoms. The lowest BCUT2D eigenvalue weighted by atomic mass is 10.2. The Hall–Kier alpha value is -2.20. The minimum atomic E-state index is -1.19. The molecule has 0 bridgehead atoms. The van der Waals surface area contributed by atoms with Gasteiger partial charge < -0.3 is 10.4 Å². The summed E-state index contributed by atoms with van der Waals surface area (Å²) in [6, 6.07) is 0. The van der Waals surface area contributed by atoms with Gasteiger partial charge in [-0.15, -0.1) is 11.3 Å². The van der Waals surface area contributed by atoms with E-state index in [0.29, 0.717) is 18.7 Å². The molecule has 0 saturated carbocycles. The summed E-state index contributed by atoms with van der Waals surface area (Å²) < 4.78 is 0. The van der Waals surface area contributed by atoms with Crippen LogP contribution in [0.4, 0.5) is 9.93 Å². The summed E-state index contributed by atoms with van der Waals surface area (Å²) in [7, 11) is 0. The van der Waals surface area contributed by atoms with E-state index in [1.165, 1.54) is 0 Å². The van der Waals surface area contributed by atoms with E-state index >= 15 is 0 Å². The van der Waals surface area contributed by atoms with Gasteiger partial charge in [0.1, 0.15) is 0 Å². The van der Waals surface area contributed by atoms with Gasteiger partial charge in [-0.3, -0.25) is 20.1 Å². The fourth-order valence-corrected chi connectivity index (χ4v) is 2.34. The summed E-state index contributed by atoms with van der Waals surface area (Å²) in [5.74, 6) is -0.612. The Morgan fingerprint density at radius 2 is 1.95 bits per heavy atom. The molecule has 0 radical (unpaired) electrons. The van der Waals surface area contributed by atoms with Crippen LogP contribution in [0.15, 0.2) is 5.38 Å². The fraction of sp³-hybridized carbons (Fsp3) is 0.500. The number of anilines is 1. The van der Waals surface area contributed by atoms with Crippen molar-refractivity contribution in [2.45, 2.75) is 32.1 Å². The average Bonchev–Trinajstić information content (AvgIpc) is 2.88. The monoisotopic (exact) mass is 330 g/mol. The van der Waals surface area contributed by atoms with E-state index in [4.69, 9.17) is 10.3 Å². The molecule has 0 saturated heterocycles. The van der Waals surface area contributed by atoms with Gasteiger partial charge in [0.2, 0.25) is 11.8 Å². The van der Waals surface area contributed by atoms with Crippen LogP contribution in [0.5, 0.6) is 0 Å². The summed E-state index contributed by atoms with van der Waals surface area (Å²) in [5, 5.41) is 23.5. The van der Waals surface area contributed by atoms with E-state index in [0.717, 1.165) is 24.2 Å². The number of hydrogen-bond acceptors (Lipinski definition) is 6. The Labute approximate surface area is 130 Å². The number of rotatable bonds is 9. The molecule has 0 fully saturated rings. The van der Waals surface area contributed by atoms with Crippen LogP contribution in [0.1, 0.15) is 31.4 Å². The van der Waals surface area contributed by atoms with E-state index in [1.807, 2.05) is 0 Å². The van der Waals surface area contributed by atoms with Gasteiger partial charge in [0.25, 0.3) is 0 Å². The summed E-state index contributed by atoms with van der Waals surface area (Å²) >= 11 is 1.12. The highest BCUT2D eigenvalue weighted by molar-refractivity contribution is 7.13. The van der Waals surface area contributed by atoms with Gasteiger partial charge in [0.05, 0.1) is 12.1 Å². The van der Waals surface area contributed by atoms with E-state index in [2.05, 4.69) is 15.6 Å². The quantitative estimate of drug-likeness (QED) is 0.259. The Balaban J connectivity index is 2.14. The van der Waals surface area contributed by atoms with Gasteiger partial charge in [-0.1, -0.05) is 6.42 Å². The number of amides is 3. The van der Waals surface area contributed by atoms with Crippen molar-refractivity contribution in [2.24, 2.45) is 0 Å². The zero-order chi connectivity index (χ0) is 16.4. The second-order valence-electron chi connectivity index (χ2n) is 4.45. The van der Waals surface area contributed by atoms with Crippen LogP contribution >= 0.6 is 11.3 Å². The molecule has 1 heterocycles. The zero-order valence-corrected chi connectivity index (χ0v) is 12.6. The third-order valence-corrected chi connectivity index (χ3v) is 3.44. The Morgan fingerprint density at radius 1 is 1.18 bits per heavy atom. The second-order valence-corrected chi connectivity index (χ2v) is 5.30. The van der Waals surface area contributed by atoms with Crippen LogP contribution in [0.25, 0.3) is 0 Å². The predicted molar refractivity (Wildman–Crippen MR) is 78.9 cm³/mol. The van der Waals surface area contributed by atoms with Crippen LogP contribution in [0.2, 0.25) is 0 Å². The van der Waals surface area contributed by atoms with Crippen molar-refractivity contribution in [3.8, 4) is 0 Å². The van der Waals surface area contributed by atoms with Crippen molar-refractivity contribution in [1.82, 2.24) is 15.8 Å². The van der Waals surface area contributed by atoms with Crippen LogP contribution in [0, 0.1) is 0 Å². The van der Waals surface area contributed by atoms with E-state index in [-0.39, 0.29) is 23.9 Å². The summed E-state index contributed by atoms with van der Waals surface area (Å²) in [5.41, 5.74) is 2.06. The molecule has 1 aromatic heterocycles. The molecule has 0 aliphatic carbocycles. The fourth-order valence-electron chi connectivity index (χ4n) is 1.64. The summed E-state index contributed by atoms with van der Waals surface area (Å²) in [6.45, 7) is 0.490. The Kier molecular flexibility index (Phi) is 7.86. The third-order valence-electron chi connectivity index (χ3n) is 2.63. The molecule has 0 aliphatic heterocycles. The number of aromatic nitrogens is 1. The molecular formula is C12H18N4O5S. The van der Waals surface area contributed by atoms with Gasteiger partial charge in [-0.05, 0) is 12.8 Å². The first kappa shape index (κ1) is 17.9. The predicted octanol–water partition coefficient (Wildman–Crippen LogP) is 0.957. The van der Waals surface area contributed by atoms with Crippen LogP contribution in [0.3, 0.4) is 0 Å². The minimum Gasteiger partial charge on any atom is -0.465 e. The molecule has 0 aliphatic rings. The molecular weight excluding hydrogens is 312 g/mol. The number of carbonyl (C=O) groups is 3. The summed E-state index contributed by atoms with van der Waals surface area (Å²) in [4.78, 5) is 36.8. The number of nitrogens with one attached hydrogen (secondary N) is 3.